The van der Waals surface area contributed by atoms with E-state index in [4.69, 9.17) is 4.74 Å². The van der Waals surface area contributed by atoms with Crippen LogP contribution >= 0.6 is 0 Å². The lowest BCUT2D eigenvalue weighted by atomic mass is 9.83. The van der Waals surface area contributed by atoms with Gasteiger partial charge in [-0.05, 0) is 57.9 Å². The van der Waals surface area contributed by atoms with Gasteiger partial charge in [-0.3, -0.25) is 14.5 Å². The number of ether oxygens (including phenoxy) is 1. The summed E-state index contributed by atoms with van der Waals surface area (Å²) in [5.41, 5.74) is 0. The van der Waals surface area contributed by atoms with E-state index in [-0.39, 0.29) is 17.8 Å². The molecule has 5 nitrogen and oxygen atoms in total. The predicted octanol–water partition coefficient (Wildman–Crippen LogP) is 2.83. The number of likely N-dealkylation sites (tertiary alicyclic amines) is 2. The molecule has 1 aliphatic carbocycles. The molecule has 3 rings (SSSR count). The molecule has 5 heteroatoms. The average molecular weight is 351 g/mol. The highest BCUT2D eigenvalue weighted by molar-refractivity contribution is 5.79. The minimum absolute atomic E-state index is 0.0224. The van der Waals surface area contributed by atoms with Crippen LogP contribution < -0.4 is 0 Å². The lowest BCUT2D eigenvalue weighted by Crippen LogP contribution is -2.47. The number of piperidine rings is 1. The van der Waals surface area contributed by atoms with Crippen molar-refractivity contribution in [1.29, 1.82) is 0 Å². The van der Waals surface area contributed by atoms with Gasteiger partial charge in [-0.25, -0.2) is 0 Å². The van der Waals surface area contributed by atoms with E-state index in [1.807, 2.05) is 11.8 Å². The largest absolute Gasteiger partial charge is 0.466 e. The van der Waals surface area contributed by atoms with E-state index in [1.54, 1.807) is 0 Å². The highest BCUT2D eigenvalue weighted by Crippen LogP contribution is 2.34. The number of hydrogen-bond acceptors (Lipinski definition) is 4. The normalized spacial score (nSPS) is 26.8. The van der Waals surface area contributed by atoms with Crippen molar-refractivity contribution in [2.75, 3.05) is 32.8 Å². The summed E-state index contributed by atoms with van der Waals surface area (Å²) in [4.78, 5) is 29.0. The molecule has 0 aromatic carbocycles. The summed E-state index contributed by atoms with van der Waals surface area (Å²) in [6, 6.07) is 0.626. The molecule has 0 bridgehead atoms. The number of hydrogen-bond donors (Lipinski definition) is 0. The van der Waals surface area contributed by atoms with Crippen molar-refractivity contribution in [2.24, 2.45) is 11.8 Å². The smallest absolute Gasteiger partial charge is 0.309 e. The van der Waals surface area contributed by atoms with E-state index < -0.39 is 0 Å². The Morgan fingerprint density at radius 3 is 2.32 bits per heavy atom. The second-order valence-corrected chi connectivity index (χ2v) is 7.99. The van der Waals surface area contributed by atoms with Gasteiger partial charge in [-0.15, -0.1) is 0 Å². The summed E-state index contributed by atoms with van der Waals surface area (Å²) in [7, 11) is 0. The monoisotopic (exact) mass is 350 g/mol. The second-order valence-electron chi connectivity index (χ2n) is 7.99. The van der Waals surface area contributed by atoms with Gasteiger partial charge in [0.05, 0.1) is 19.1 Å². The van der Waals surface area contributed by atoms with Crippen LogP contribution in [0.1, 0.15) is 64.7 Å². The fourth-order valence-electron chi connectivity index (χ4n) is 5.00. The number of carbonyl (C=O) groups excluding carboxylic acids is 2. The van der Waals surface area contributed by atoms with E-state index in [0.29, 0.717) is 32.3 Å². The van der Waals surface area contributed by atoms with E-state index in [0.717, 1.165) is 25.3 Å². The highest BCUT2D eigenvalue weighted by Gasteiger charge is 2.35. The molecular weight excluding hydrogens is 316 g/mol. The van der Waals surface area contributed by atoms with Gasteiger partial charge in [0.2, 0.25) is 5.91 Å². The third-order valence-electron chi connectivity index (χ3n) is 6.41. The van der Waals surface area contributed by atoms with Crippen LogP contribution in [0.3, 0.4) is 0 Å². The van der Waals surface area contributed by atoms with Crippen LogP contribution in [0.25, 0.3) is 0 Å². The standard InChI is InChI=1S/C20H34N2O3/c1-2-25-20(24)17-10-13-21(14-11-17)19(23)15-22-12-6-9-18(22)16-7-4-3-5-8-16/h16-18H,2-15H2,1H3/t18-/m1/s1. The van der Waals surface area contributed by atoms with Gasteiger partial charge in [0.1, 0.15) is 0 Å². The van der Waals surface area contributed by atoms with Gasteiger partial charge in [-0.2, -0.15) is 0 Å². The number of rotatable bonds is 5. The van der Waals surface area contributed by atoms with Gasteiger partial charge < -0.3 is 9.64 Å². The van der Waals surface area contributed by atoms with Crippen molar-refractivity contribution in [2.45, 2.75) is 70.8 Å². The lowest BCUT2D eigenvalue weighted by Gasteiger charge is -2.36. The van der Waals surface area contributed by atoms with E-state index in [1.165, 1.54) is 44.9 Å². The number of nitrogens with zero attached hydrogens (tertiary/aromatic N) is 2. The maximum absolute atomic E-state index is 12.8. The molecule has 142 valence electrons. The van der Waals surface area contributed by atoms with Crippen LogP contribution in [0.5, 0.6) is 0 Å². The Labute approximate surface area is 152 Å². The summed E-state index contributed by atoms with van der Waals surface area (Å²) >= 11 is 0. The van der Waals surface area contributed by atoms with Crippen molar-refractivity contribution in [3.8, 4) is 0 Å². The van der Waals surface area contributed by atoms with Gasteiger partial charge in [-0.1, -0.05) is 19.3 Å². The Morgan fingerprint density at radius 2 is 1.64 bits per heavy atom. The van der Waals surface area contributed by atoms with Crippen molar-refractivity contribution < 1.29 is 14.3 Å². The molecule has 0 spiro atoms. The molecule has 25 heavy (non-hydrogen) atoms. The van der Waals surface area contributed by atoms with Crippen LogP contribution in [0.2, 0.25) is 0 Å². The molecule has 3 fully saturated rings. The fourth-order valence-corrected chi connectivity index (χ4v) is 5.00. The minimum atomic E-state index is -0.0912. The van der Waals surface area contributed by atoms with Crippen LogP contribution in [0, 0.1) is 11.8 Å². The third kappa shape index (κ3) is 4.75. The van der Waals surface area contributed by atoms with Crippen molar-refractivity contribution in [3.63, 3.8) is 0 Å². The Balaban J connectivity index is 1.46. The Hall–Kier alpha value is -1.10. The summed E-state index contributed by atoms with van der Waals surface area (Å²) < 4.78 is 5.12. The maximum atomic E-state index is 12.8. The zero-order chi connectivity index (χ0) is 17.6. The SMILES string of the molecule is CCOC(=O)C1CCN(C(=O)CN2CCC[C@@H]2C2CCCCC2)CC1. The van der Waals surface area contributed by atoms with Gasteiger partial charge in [0.15, 0.2) is 0 Å². The average Bonchev–Trinajstić information content (AvgIpc) is 3.11. The van der Waals surface area contributed by atoms with Gasteiger partial charge in [0.25, 0.3) is 0 Å². The Morgan fingerprint density at radius 1 is 0.920 bits per heavy atom. The molecule has 0 N–H and O–H groups in total. The molecule has 0 radical (unpaired) electrons. The van der Waals surface area contributed by atoms with Crippen molar-refractivity contribution in [1.82, 2.24) is 9.80 Å². The number of carbonyl (C=O) groups is 2. The second kappa shape index (κ2) is 9.02. The first-order valence-electron chi connectivity index (χ1n) is 10.4. The number of amides is 1. The highest BCUT2D eigenvalue weighted by atomic mass is 16.5. The van der Waals surface area contributed by atoms with E-state index in [9.17, 15) is 9.59 Å². The molecule has 0 unspecified atom stereocenters. The van der Waals surface area contributed by atoms with E-state index >= 15 is 0 Å². The fraction of sp³-hybridized carbons (Fsp3) is 0.900. The van der Waals surface area contributed by atoms with Gasteiger partial charge >= 0.3 is 5.97 Å². The summed E-state index contributed by atoms with van der Waals surface area (Å²) in [6.45, 7) is 5.33. The molecule has 2 aliphatic heterocycles. The molecule has 2 heterocycles. The first-order chi connectivity index (χ1) is 12.2. The number of esters is 1. The van der Waals surface area contributed by atoms with Crippen LogP contribution in [0.15, 0.2) is 0 Å². The maximum Gasteiger partial charge on any atom is 0.309 e. The third-order valence-corrected chi connectivity index (χ3v) is 6.41. The van der Waals surface area contributed by atoms with Crippen LogP contribution in [0.4, 0.5) is 0 Å². The van der Waals surface area contributed by atoms with Gasteiger partial charge in [0, 0.05) is 19.1 Å². The molecule has 3 aliphatic rings. The molecule has 2 saturated heterocycles. The van der Waals surface area contributed by atoms with Crippen molar-refractivity contribution in [3.05, 3.63) is 0 Å². The molecule has 1 amide bonds. The van der Waals surface area contributed by atoms with Crippen molar-refractivity contribution >= 4 is 11.9 Å². The Bertz CT molecular complexity index is 454. The Kier molecular flexibility index (Phi) is 6.74. The molecule has 0 aromatic rings. The molecule has 0 aromatic heterocycles. The quantitative estimate of drug-likeness (QED) is 0.716. The lowest BCUT2D eigenvalue weighted by molar-refractivity contribution is -0.151. The summed E-state index contributed by atoms with van der Waals surface area (Å²) in [6.07, 6.45) is 10.8. The van der Waals surface area contributed by atoms with Crippen LogP contribution in [-0.4, -0.2) is 60.5 Å². The van der Waals surface area contributed by atoms with Crippen LogP contribution in [-0.2, 0) is 14.3 Å². The zero-order valence-electron chi connectivity index (χ0n) is 15.8. The minimum Gasteiger partial charge on any atom is -0.466 e. The van der Waals surface area contributed by atoms with E-state index in [2.05, 4.69) is 4.90 Å². The first kappa shape index (κ1) is 18.7. The summed E-state index contributed by atoms with van der Waals surface area (Å²) in [5.74, 6) is 0.945. The zero-order valence-corrected chi connectivity index (χ0v) is 15.8. The molecule has 1 atom stereocenters. The first-order valence-corrected chi connectivity index (χ1v) is 10.4. The topological polar surface area (TPSA) is 49.9 Å². The summed E-state index contributed by atoms with van der Waals surface area (Å²) in [5, 5.41) is 0. The molecule has 1 saturated carbocycles. The molecular formula is C20H34N2O3. The predicted molar refractivity (Wildman–Crippen MR) is 97.1 cm³/mol.